The number of likely N-dealkylation sites (tertiary alicyclic amines) is 1. The van der Waals surface area contributed by atoms with Crippen LogP contribution in [0, 0.1) is 5.92 Å². The summed E-state index contributed by atoms with van der Waals surface area (Å²) in [4.78, 5) is 24.5. The average molecular weight is 256 g/mol. The first kappa shape index (κ1) is 15.0. The van der Waals surface area contributed by atoms with E-state index in [0.29, 0.717) is 19.4 Å². The van der Waals surface area contributed by atoms with Crippen molar-refractivity contribution in [2.24, 2.45) is 11.7 Å². The maximum Gasteiger partial charge on any atom is 0.303 e. The van der Waals surface area contributed by atoms with Crippen molar-refractivity contribution in [3.05, 3.63) is 0 Å². The number of piperidine rings is 1. The molecule has 0 bridgehead atoms. The van der Waals surface area contributed by atoms with Crippen molar-refractivity contribution in [2.75, 3.05) is 13.1 Å². The highest BCUT2D eigenvalue weighted by Crippen LogP contribution is 2.21. The molecule has 1 heterocycles. The molecule has 1 fully saturated rings. The van der Waals surface area contributed by atoms with Gasteiger partial charge in [0, 0.05) is 31.5 Å². The van der Waals surface area contributed by atoms with Crippen LogP contribution in [0.5, 0.6) is 0 Å². The van der Waals surface area contributed by atoms with E-state index in [-0.39, 0.29) is 23.8 Å². The Hall–Kier alpha value is -1.10. The van der Waals surface area contributed by atoms with Crippen molar-refractivity contribution >= 4 is 11.9 Å². The Morgan fingerprint density at radius 2 is 2.11 bits per heavy atom. The number of carboxylic acid groups (broad SMARTS) is 1. The van der Waals surface area contributed by atoms with E-state index in [0.717, 1.165) is 19.4 Å². The lowest BCUT2D eigenvalue weighted by Gasteiger charge is -2.32. The van der Waals surface area contributed by atoms with Gasteiger partial charge in [0.15, 0.2) is 0 Å². The Labute approximate surface area is 108 Å². The number of aliphatic carboxylic acids is 1. The highest BCUT2D eigenvalue weighted by Gasteiger charge is 2.25. The van der Waals surface area contributed by atoms with E-state index in [2.05, 4.69) is 0 Å². The van der Waals surface area contributed by atoms with E-state index in [9.17, 15) is 9.59 Å². The number of rotatable bonds is 5. The minimum Gasteiger partial charge on any atom is -0.481 e. The van der Waals surface area contributed by atoms with E-state index in [1.165, 1.54) is 0 Å². The van der Waals surface area contributed by atoms with Crippen molar-refractivity contribution in [3.63, 3.8) is 0 Å². The first-order valence-electron chi connectivity index (χ1n) is 6.56. The number of carbonyl (C=O) groups is 2. The number of nitrogens with two attached hydrogens (primary N) is 1. The number of nitrogens with zero attached hydrogens (tertiary/aromatic N) is 1. The van der Waals surface area contributed by atoms with Crippen molar-refractivity contribution < 1.29 is 14.7 Å². The zero-order valence-electron chi connectivity index (χ0n) is 11.3. The minimum absolute atomic E-state index is 0.101. The molecule has 1 saturated heterocycles. The molecule has 1 amide bonds. The molecule has 5 nitrogen and oxygen atoms in total. The number of hydrogen-bond donors (Lipinski definition) is 2. The van der Waals surface area contributed by atoms with Crippen LogP contribution < -0.4 is 5.73 Å². The fourth-order valence-corrected chi connectivity index (χ4v) is 2.29. The normalized spacial score (nSPS) is 20.8. The Morgan fingerprint density at radius 1 is 1.44 bits per heavy atom. The summed E-state index contributed by atoms with van der Waals surface area (Å²) in [7, 11) is 0. The highest BCUT2D eigenvalue weighted by atomic mass is 16.4. The standard InChI is InChI=1S/C13H24N2O3/c1-13(2,14)6-5-11(16)15-7-3-4-10(9-15)8-12(17)18/h10H,3-9,14H2,1-2H3,(H,17,18). The third kappa shape index (κ3) is 5.49. The van der Waals surface area contributed by atoms with Gasteiger partial charge in [-0.1, -0.05) is 0 Å². The van der Waals surface area contributed by atoms with Crippen molar-refractivity contribution in [1.29, 1.82) is 0 Å². The summed E-state index contributed by atoms with van der Waals surface area (Å²) in [6.45, 7) is 5.14. The topological polar surface area (TPSA) is 83.6 Å². The lowest BCUT2D eigenvalue weighted by Crippen LogP contribution is -2.42. The smallest absolute Gasteiger partial charge is 0.303 e. The van der Waals surface area contributed by atoms with Crippen molar-refractivity contribution in [1.82, 2.24) is 4.90 Å². The second-order valence-corrected chi connectivity index (χ2v) is 5.93. The molecule has 0 radical (unpaired) electrons. The molecule has 18 heavy (non-hydrogen) atoms. The number of carboxylic acids is 1. The maximum absolute atomic E-state index is 12.0. The molecule has 3 N–H and O–H groups in total. The second kappa shape index (κ2) is 6.18. The summed E-state index contributed by atoms with van der Waals surface area (Å²) >= 11 is 0. The van der Waals surface area contributed by atoms with Crippen LogP contribution >= 0.6 is 0 Å². The van der Waals surface area contributed by atoms with Crippen LogP contribution in [-0.4, -0.2) is 40.5 Å². The van der Waals surface area contributed by atoms with Crippen LogP contribution in [0.1, 0.15) is 46.0 Å². The predicted molar refractivity (Wildman–Crippen MR) is 69.1 cm³/mol. The lowest BCUT2D eigenvalue weighted by molar-refractivity contribution is -0.140. The van der Waals surface area contributed by atoms with Crippen molar-refractivity contribution in [2.45, 2.75) is 51.5 Å². The first-order chi connectivity index (χ1) is 8.28. The summed E-state index contributed by atoms with van der Waals surface area (Å²) in [6, 6.07) is 0. The fraction of sp³-hybridized carbons (Fsp3) is 0.846. The predicted octanol–water partition coefficient (Wildman–Crippen LogP) is 1.22. The Kier molecular flexibility index (Phi) is 5.14. The Bertz CT molecular complexity index is 310. The van der Waals surface area contributed by atoms with Crippen LogP contribution in [0.4, 0.5) is 0 Å². The molecule has 104 valence electrons. The molecule has 1 aliphatic heterocycles. The van der Waals surface area contributed by atoms with Crippen LogP contribution in [-0.2, 0) is 9.59 Å². The van der Waals surface area contributed by atoms with E-state index < -0.39 is 5.97 Å². The molecule has 0 aromatic heterocycles. The molecule has 1 aliphatic rings. The van der Waals surface area contributed by atoms with Gasteiger partial charge in [-0.25, -0.2) is 0 Å². The van der Waals surface area contributed by atoms with Crippen LogP contribution in [0.3, 0.4) is 0 Å². The van der Waals surface area contributed by atoms with Gasteiger partial charge in [-0.15, -0.1) is 0 Å². The zero-order chi connectivity index (χ0) is 13.8. The van der Waals surface area contributed by atoms with Gasteiger partial charge >= 0.3 is 5.97 Å². The Balaban J connectivity index is 2.41. The summed E-state index contributed by atoms with van der Waals surface area (Å²) in [5.41, 5.74) is 5.53. The highest BCUT2D eigenvalue weighted by molar-refractivity contribution is 5.76. The van der Waals surface area contributed by atoms with Gasteiger partial charge in [0.1, 0.15) is 0 Å². The molecule has 0 aliphatic carbocycles. The number of carbonyl (C=O) groups excluding carboxylic acids is 1. The van der Waals surface area contributed by atoms with E-state index in [1.54, 1.807) is 4.90 Å². The summed E-state index contributed by atoms with van der Waals surface area (Å²) in [5, 5.41) is 8.78. The zero-order valence-corrected chi connectivity index (χ0v) is 11.3. The van der Waals surface area contributed by atoms with Gasteiger partial charge in [0.05, 0.1) is 0 Å². The van der Waals surface area contributed by atoms with Crippen LogP contribution in [0.2, 0.25) is 0 Å². The van der Waals surface area contributed by atoms with Crippen LogP contribution in [0.15, 0.2) is 0 Å². The molecule has 0 aromatic carbocycles. The molecular formula is C13H24N2O3. The summed E-state index contributed by atoms with van der Waals surface area (Å²) in [6.07, 6.45) is 3.07. The molecule has 1 unspecified atom stereocenters. The molecule has 0 spiro atoms. The summed E-state index contributed by atoms with van der Waals surface area (Å²) < 4.78 is 0. The maximum atomic E-state index is 12.0. The molecule has 5 heteroatoms. The fourth-order valence-electron chi connectivity index (χ4n) is 2.29. The van der Waals surface area contributed by atoms with Gasteiger partial charge < -0.3 is 15.7 Å². The molecular weight excluding hydrogens is 232 g/mol. The van der Waals surface area contributed by atoms with Crippen LogP contribution in [0.25, 0.3) is 0 Å². The molecule has 1 atom stereocenters. The first-order valence-corrected chi connectivity index (χ1v) is 6.56. The minimum atomic E-state index is -0.780. The van der Waals surface area contributed by atoms with Crippen molar-refractivity contribution in [3.8, 4) is 0 Å². The number of amides is 1. The quantitative estimate of drug-likeness (QED) is 0.774. The molecule has 0 aromatic rings. The van der Waals surface area contributed by atoms with Gasteiger partial charge in [0.2, 0.25) is 5.91 Å². The van der Waals surface area contributed by atoms with Gasteiger partial charge in [0.25, 0.3) is 0 Å². The summed E-state index contributed by atoms with van der Waals surface area (Å²) in [5.74, 6) is -0.577. The molecule has 1 rings (SSSR count). The monoisotopic (exact) mass is 256 g/mol. The van der Waals surface area contributed by atoms with E-state index >= 15 is 0 Å². The van der Waals surface area contributed by atoms with Gasteiger partial charge in [-0.2, -0.15) is 0 Å². The largest absolute Gasteiger partial charge is 0.481 e. The SMILES string of the molecule is CC(C)(N)CCC(=O)N1CCCC(CC(=O)O)C1. The lowest BCUT2D eigenvalue weighted by atomic mass is 9.94. The average Bonchev–Trinajstić information content (AvgIpc) is 2.24. The van der Waals surface area contributed by atoms with E-state index in [1.807, 2.05) is 13.8 Å². The molecule has 0 saturated carbocycles. The van der Waals surface area contributed by atoms with Gasteiger partial charge in [-0.05, 0) is 39.0 Å². The number of hydrogen-bond acceptors (Lipinski definition) is 3. The Morgan fingerprint density at radius 3 is 2.67 bits per heavy atom. The third-order valence-corrected chi connectivity index (χ3v) is 3.32. The second-order valence-electron chi connectivity index (χ2n) is 5.93. The third-order valence-electron chi connectivity index (χ3n) is 3.32. The van der Waals surface area contributed by atoms with Gasteiger partial charge in [-0.3, -0.25) is 9.59 Å². The van der Waals surface area contributed by atoms with E-state index in [4.69, 9.17) is 10.8 Å².